The molecule has 0 aromatic carbocycles. The molecule has 18 heavy (non-hydrogen) atoms. The number of nitrogens with zero attached hydrogens (tertiary/aromatic N) is 3. The van der Waals surface area contributed by atoms with Gasteiger partial charge in [-0.3, -0.25) is 4.98 Å². The summed E-state index contributed by atoms with van der Waals surface area (Å²) < 4.78 is 10.6. The van der Waals surface area contributed by atoms with Gasteiger partial charge in [0.25, 0.3) is 0 Å². The lowest BCUT2D eigenvalue weighted by molar-refractivity contribution is 0.116. The molecule has 1 fully saturated rings. The smallest absolute Gasteiger partial charge is 0.244 e. The fourth-order valence-corrected chi connectivity index (χ4v) is 2.07. The van der Waals surface area contributed by atoms with E-state index in [9.17, 15) is 0 Å². The molecular formula is C12H14N4O2. The molecule has 0 spiro atoms. The van der Waals surface area contributed by atoms with E-state index in [4.69, 9.17) is 9.26 Å². The Kier molecular flexibility index (Phi) is 3.04. The van der Waals surface area contributed by atoms with Gasteiger partial charge in [-0.05, 0) is 18.6 Å². The predicted octanol–water partition coefficient (Wildman–Crippen LogP) is 1.18. The van der Waals surface area contributed by atoms with Crippen molar-refractivity contribution in [2.75, 3.05) is 13.7 Å². The van der Waals surface area contributed by atoms with Crippen LogP contribution < -0.4 is 5.32 Å². The van der Waals surface area contributed by atoms with Crippen LogP contribution in [0.2, 0.25) is 0 Å². The number of pyridine rings is 1. The molecule has 2 aromatic heterocycles. The first kappa shape index (κ1) is 11.3. The van der Waals surface area contributed by atoms with Crippen molar-refractivity contribution < 1.29 is 9.26 Å². The molecule has 0 aliphatic carbocycles. The van der Waals surface area contributed by atoms with Crippen LogP contribution in [0.5, 0.6) is 0 Å². The maximum atomic E-state index is 5.30. The summed E-state index contributed by atoms with van der Waals surface area (Å²) in [6, 6.07) is 3.79. The maximum Gasteiger partial charge on any atom is 0.244 e. The van der Waals surface area contributed by atoms with Crippen molar-refractivity contribution in [2.24, 2.45) is 0 Å². The quantitative estimate of drug-likeness (QED) is 0.876. The van der Waals surface area contributed by atoms with E-state index in [1.54, 1.807) is 19.5 Å². The normalized spacial score (nSPS) is 23.4. The SMILES string of the molecule is CO[C@@H]1CN[C@@H](c2nc(-c3ccncc3)no2)C1. The minimum Gasteiger partial charge on any atom is -0.380 e. The highest BCUT2D eigenvalue weighted by atomic mass is 16.5. The Morgan fingerprint density at radius 1 is 1.39 bits per heavy atom. The van der Waals surface area contributed by atoms with Crippen LogP contribution in [-0.2, 0) is 4.74 Å². The van der Waals surface area contributed by atoms with Gasteiger partial charge in [-0.2, -0.15) is 4.98 Å². The number of methoxy groups -OCH3 is 1. The van der Waals surface area contributed by atoms with Crippen molar-refractivity contribution in [3.05, 3.63) is 30.4 Å². The Balaban J connectivity index is 1.78. The molecule has 94 valence electrons. The van der Waals surface area contributed by atoms with Gasteiger partial charge in [0, 0.05) is 31.6 Å². The zero-order valence-corrected chi connectivity index (χ0v) is 10.0. The third kappa shape index (κ3) is 2.12. The molecule has 0 amide bonds. The predicted molar refractivity (Wildman–Crippen MR) is 63.7 cm³/mol. The van der Waals surface area contributed by atoms with Gasteiger partial charge < -0.3 is 14.6 Å². The van der Waals surface area contributed by atoms with Crippen molar-refractivity contribution in [3.63, 3.8) is 0 Å². The first-order valence-electron chi connectivity index (χ1n) is 5.87. The lowest BCUT2D eigenvalue weighted by atomic mass is 10.2. The van der Waals surface area contributed by atoms with E-state index in [1.807, 2.05) is 12.1 Å². The highest BCUT2D eigenvalue weighted by Gasteiger charge is 2.29. The number of hydrogen-bond donors (Lipinski definition) is 1. The minimum absolute atomic E-state index is 0.0815. The zero-order chi connectivity index (χ0) is 12.4. The van der Waals surface area contributed by atoms with E-state index < -0.39 is 0 Å². The average molecular weight is 246 g/mol. The number of aromatic nitrogens is 3. The Labute approximate surface area is 104 Å². The number of nitrogens with one attached hydrogen (secondary N) is 1. The second kappa shape index (κ2) is 4.83. The van der Waals surface area contributed by atoms with E-state index in [1.165, 1.54) is 0 Å². The molecule has 3 rings (SSSR count). The van der Waals surface area contributed by atoms with Crippen molar-refractivity contribution in [3.8, 4) is 11.4 Å². The van der Waals surface area contributed by atoms with Crippen molar-refractivity contribution in [1.82, 2.24) is 20.4 Å². The molecule has 1 N–H and O–H groups in total. The van der Waals surface area contributed by atoms with Gasteiger partial charge in [-0.15, -0.1) is 0 Å². The summed E-state index contributed by atoms with van der Waals surface area (Å²) in [5, 5.41) is 7.29. The fraction of sp³-hybridized carbons (Fsp3) is 0.417. The monoisotopic (exact) mass is 246 g/mol. The summed E-state index contributed by atoms with van der Waals surface area (Å²) in [5.74, 6) is 1.21. The van der Waals surface area contributed by atoms with E-state index in [2.05, 4.69) is 20.4 Å². The third-order valence-corrected chi connectivity index (χ3v) is 3.10. The lowest BCUT2D eigenvalue weighted by Gasteiger charge is -2.04. The highest BCUT2D eigenvalue weighted by Crippen LogP contribution is 2.25. The van der Waals surface area contributed by atoms with Crippen LogP contribution in [0.1, 0.15) is 18.4 Å². The van der Waals surface area contributed by atoms with Gasteiger partial charge >= 0.3 is 0 Å². The largest absolute Gasteiger partial charge is 0.380 e. The molecule has 0 radical (unpaired) electrons. The summed E-state index contributed by atoms with van der Waals surface area (Å²) >= 11 is 0. The van der Waals surface area contributed by atoms with Crippen LogP contribution in [0.15, 0.2) is 29.0 Å². The first-order valence-corrected chi connectivity index (χ1v) is 5.87. The molecule has 0 saturated carbocycles. The van der Waals surface area contributed by atoms with Crippen molar-refractivity contribution in [2.45, 2.75) is 18.6 Å². The molecule has 1 aliphatic heterocycles. The fourth-order valence-electron chi connectivity index (χ4n) is 2.07. The minimum atomic E-state index is 0.0815. The summed E-state index contributed by atoms with van der Waals surface area (Å²) in [7, 11) is 1.71. The highest BCUT2D eigenvalue weighted by molar-refractivity contribution is 5.52. The van der Waals surface area contributed by atoms with Crippen LogP contribution in [-0.4, -0.2) is 34.9 Å². The number of ether oxygens (including phenoxy) is 1. The Morgan fingerprint density at radius 3 is 2.94 bits per heavy atom. The van der Waals surface area contributed by atoms with Crippen LogP contribution >= 0.6 is 0 Å². The van der Waals surface area contributed by atoms with E-state index >= 15 is 0 Å². The summed E-state index contributed by atoms with van der Waals surface area (Å²) in [6.07, 6.45) is 4.49. The molecule has 2 aromatic rings. The molecule has 6 nitrogen and oxygen atoms in total. The van der Waals surface area contributed by atoms with Crippen LogP contribution in [0.25, 0.3) is 11.4 Å². The molecule has 1 aliphatic rings. The Hall–Kier alpha value is -1.79. The maximum absolute atomic E-state index is 5.30. The molecule has 0 unspecified atom stereocenters. The van der Waals surface area contributed by atoms with Gasteiger partial charge in [0.15, 0.2) is 0 Å². The van der Waals surface area contributed by atoms with Crippen molar-refractivity contribution in [1.29, 1.82) is 0 Å². The summed E-state index contributed by atoms with van der Waals surface area (Å²) in [5.41, 5.74) is 0.904. The molecule has 6 heteroatoms. The standard InChI is InChI=1S/C12H14N4O2/c1-17-9-6-10(14-7-9)12-15-11(16-18-12)8-2-4-13-5-3-8/h2-5,9-10,14H,6-7H2,1H3/t9-,10+/m0/s1. The van der Waals surface area contributed by atoms with Gasteiger partial charge in [0.05, 0.1) is 12.1 Å². The van der Waals surface area contributed by atoms with Crippen LogP contribution in [0.4, 0.5) is 0 Å². The van der Waals surface area contributed by atoms with Gasteiger partial charge in [0.2, 0.25) is 11.7 Å². The summed E-state index contributed by atoms with van der Waals surface area (Å²) in [6.45, 7) is 0.814. The molecule has 3 heterocycles. The first-order chi connectivity index (χ1) is 8.86. The Bertz CT molecular complexity index is 514. The van der Waals surface area contributed by atoms with E-state index in [0.717, 1.165) is 18.5 Å². The second-order valence-electron chi connectivity index (χ2n) is 4.25. The van der Waals surface area contributed by atoms with Crippen LogP contribution in [0.3, 0.4) is 0 Å². The van der Waals surface area contributed by atoms with Gasteiger partial charge in [-0.1, -0.05) is 5.16 Å². The topological polar surface area (TPSA) is 73.1 Å². The molecular weight excluding hydrogens is 232 g/mol. The number of rotatable bonds is 3. The average Bonchev–Trinajstić information content (AvgIpc) is 3.08. The van der Waals surface area contributed by atoms with Gasteiger partial charge in [0.1, 0.15) is 0 Å². The van der Waals surface area contributed by atoms with Gasteiger partial charge in [-0.25, -0.2) is 0 Å². The second-order valence-corrected chi connectivity index (χ2v) is 4.25. The third-order valence-electron chi connectivity index (χ3n) is 3.10. The van der Waals surface area contributed by atoms with E-state index in [0.29, 0.717) is 11.7 Å². The summed E-state index contributed by atoms with van der Waals surface area (Å²) in [4.78, 5) is 8.37. The number of hydrogen-bond acceptors (Lipinski definition) is 6. The van der Waals surface area contributed by atoms with E-state index in [-0.39, 0.29) is 12.1 Å². The molecule has 0 bridgehead atoms. The Morgan fingerprint density at radius 2 is 2.22 bits per heavy atom. The molecule has 1 saturated heterocycles. The lowest BCUT2D eigenvalue weighted by Crippen LogP contribution is -2.16. The zero-order valence-electron chi connectivity index (χ0n) is 10.0. The molecule has 2 atom stereocenters. The van der Waals surface area contributed by atoms with Crippen LogP contribution in [0, 0.1) is 0 Å². The van der Waals surface area contributed by atoms with Crippen molar-refractivity contribution >= 4 is 0 Å².